The molecular formula is C15H13Cl3N4O. The van der Waals surface area contributed by atoms with Gasteiger partial charge in [-0.15, -0.1) is 5.10 Å². The Morgan fingerprint density at radius 1 is 1.04 bits per heavy atom. The number of guanidine groups is 1. The molecule has 120 valence electrons. The van der Waals surface area contributed by atoms with Gasteiger partial charge in [0.2, 0.25) is 5.96 Å². The molecule has 0 aromatic heterocycles. The van der Waals surface area contributed by atoms with Gasteiger partial charge in [0.1, 0.15) is 12.4 Å². The van der Waals surface area contributed by atoms with E-state index in [0.29, 0.717) is 26.4 Å². The maximum atomic E-state index is 6.28. The number of ether oxygens (including phenoxy) is 1. The van der Waals surface area contributed by atoms with Crippen molar-refractivity contribution in [2.45, 2.75) is 6.61 Å². The first kappa shape index (κ1) is 17.4. The van der Waals surface area contributed by atoms with Crippen molar-refractivity contribution in [3.63, 3.8) is 0 Å². The second-order valence-corrected chi connectivity index (χ2v) is 5.59. The normalized spacial score (nSPS) is 10.7. The fourth-order valence-corrected chi connectivity index (χ4v) is 2.32. The van der Waals surface area contributed by atoms with Crippen molar-refractivity contribution in [2.75, 3.05) is 0 Å². The van der Waals surface area contributed by atoms with Gasteiger partial charge in [-0.25, -0.2) is 0 Å². The van der Waals surface area contributed by atoms with E-state index in [9.17, 15) is 0 Å². The first-order chi connectivity index (χ1) is 11.0. The number of hydrogen-bond acceptors (Lipinski definition) is 3. The first-order valence-corrected chi connectivity index (χ1v) is 7.58. The molecule has 0 heterocycles. The summed E-state index contributed by atoms with van der Waals surface area (Å²) in [6, 6.07) is 10.6. The topological polar surface area (TPSA) is 86.0 Å². The zero-order valence-corrected chi connectivity index (χ0v) is 14.1. The summed E-state index contributed by atoms with van der Waals surface area (Å²) in [5.41, 5.74) is 11.8. The number of benzene rings is 2. The van der Waals surface area contributed by atoms with E-state index in [-0.39, 0.29) is 12.6 Å². The summed E-state index contributed by atoms with van der Waals surface area (Å²) >= 11 is 18.4. The molecule has 0 bridgehead atoms. The van der Waals surface area contributed by atoms with E-state index in [4.69, 9.17) is 51.0 Å². The lowest BCUT2D eigenvalue weighted by molar-refractivity contribution is 0.306. The molecule has 0 amide bonds. The van der Waals surface area contributed by atoms with E-state index in [0.717, 1.165) is 5.56 Å². The van der Waals surface area contributed by atoms with Crippen molar-refractivity contribution in [2.24, 2.45) is 21.7 Å². The average molecular weight is 372 g/mol. The average Bonchev–Trinajstić information content (AvgIpc) is 2.51. The Balaban J connectivity index is 2.16. The van der Waals surface area contributed by atoms with Gasteiger partial charge in [0, 0.05) is 11.1 Å². The quantitative estimate of drug-likeness (QED) is 0.476. The number of rotatable bonds is 5. The molecule has 0 saturated heterocycles. The molecule has 0 aliphatic carbocycles. The van der Waals surface area contributed by atoms with E-state index in [1.54, 1.807) is 30.3 Å². The summed E-state index contributed by atoms with van der Waals surface area (Å²) in [6.07, 6.45) is 1.43. The molecule has 2 aromatic rings. The molecule has 0 saturated carbocycles. The fraction of sp³-hybridized carbons (Fsp3) is 0.0667. The van der Waals surface area contributed by atoms with Gasteiger partial charge in [0.05, 0.1) is 21.3 Å². The zero-order chi connectivity index (χ0) is 16.8. The maximum absolute atomic E-state index is 6.28. The highest BCUT2D eigenvalue weighted by Gasteiger charge is 2.09. The van der Waals surface area contributed by atoms with Crippen LogP contribution >= 0.6 is 34.8 Å². The molecule has 0 spiro atoms. The van der Waals surface area contributed by atoms with Gasteiger partial charge >= 0.3 is 0 Å². The van der Waals surface area contributed by atoms with Crippen molar-refractivity contribution in [3.8, 4) is 5.75 Å². The van der Waals surface area contributed by atoms with E-state index < -0.39 is 0 Å². The van der Waals surface area contributed by atoms with Crippen LogP contribution in [0.1, 0.15) is 11.1 Å². The van der Waals surface area contributed by atoms with Crippen LogP contribution in [0, 0.1) is 0 Å². The molecule has 4 N–H and O–H groups in total. The van der Waals surface area contributed by atoms with E-state index >= 15 is 0 Å². The summed E-state index contributed by atoms with van der Waals surface area (Å²) in [4.78, 5) is 0. The maximum Gasteiger partial charge on any atom is 0.211 e. The lowest BCUT2D eigenvalue weighted by Crippen LogP contribution is -2.21. The molecule has 23 heavy (non-hydrogen) atoms. The highest BCUT2D eigenvalue weighted by Crippen LogP contribution is 2.30. The largest absolute Gasteiger partial charge is 0.487 e. The highest BCUT2D eigenvalue weighted by atomic mass is 35.5. The van der Waals surface area contributed by atoms with Crippen molar-refractivity contribution < 1.29 is 4.74 Å². The van der Waals surface area contributed by atoms with E-state index in [1.165, 1.54) is 6.21 Å². The smallest absolute Gasteiger partial charge is 0.211 e. The minimum absolute atomic E-state index is 0.139. The van der Waals surface area contributed by atoms with Gasteiger partial charge in [0.25, 0.3) is 0 Å². The Kier molecular flexibility index (Phi) is 6.10. The van der Waals surface area contributed by atoms with Crippen LogP contribution < -0.4 is 16.2 Å². The molecule has 0 aliphatic heterocycles. The lowest BCUT2D eigenvalue weighted by Gasteiger charge is -2.11. The summed E-state index contributed by atoms with van der Waals surface area (Å²) in [7, 11) is 0. The van der Waals surface area contributed by atoms with Gasteiger partial charge in [-0.3, -0.25) is 0 Å². The number of nitrogens with two attached hydrogens (primary N) is 2. The zero-order valence-electron chi connectivity index (χ0n) is 11.8. The summed E-state index contributed by atoms with van der Waals surface area (Å²) in [6.45, 7) is 0.230. The Hall–Kier alpha value is -1.95. The Bertz CT molecular complexity index is 758. The molecule has 0 aliphatic rings. The van der Waals surface area contributed by atoms with Crippen LogP contribution in [-0.2, 0) is 6.61 Å². The van der Waals surface area contributed by atoms with E-state index in [2.05, 4.69) is 10.2 Å². The molecule has 0 fully saturated rings. The lowest BCUT2D eigenvalue weighted by atomic mass is 10.2. The number of halogens is 3. The predicted octanol–water partition coefficient (Wildman–Crippen LogP) is 3.83. The SMILES string of the molecule is NC(N)=N/N=C/c1cccc(OCc2cccc(Cl)c2Cl)c1Cl. The van der Waals surface area contributed by atoms with Crippen LogP contribution in [0.4, 0.5) is 0 Å². The molecule has 8 heteroatoms. The van der Waals surface area contributed by atoms with Crippen LogP contribution in [0.15, 0.2) is 46.6 Å². The molecule has 0 atom stereocenters. The second-order valence-electron chi connectivity index (χ2n) is 4.43. The summed E-state index contributed by atoms with van der Waals surface area (Å²) in [5.74, 6) is 0.344. The van der Waals surface area contributed by atoms with Crippen molar-refractivity contribution in [1.82, 2.24) is 0 Å². The van der Waals surface area contributed by atoms with Gasteiger partial charge in [-0.05, 0) is 12.1 Å². The van der Waals surface area contributed by atoms with Gasteiger partial charge in [0.15, 0.2) is 0 Å². The fourth-order valence-electron chi connectivity index (χ4n) is 1.71. The first-order valence-electron chi connectivity index (χ1n) is 6.45. The molecule has 0 radical (unpaired) electrons. The van der Waals surface area contributed by atoms with E-state index in [1.807, 2.05) is 6.07 Å². The third-order valence-electron chi connectivity index (χ3n) is 2.78. The molecular weight excluding hydrogens is 359 g/mol. The van der Waals surface area contributed by atoms with Crippen molar-refractivity contribution in [3.05, 3.63) is 62.6 Å². The van der Waals surface area contributed by atoms with Crippen molar-refractivity contribution >= 4 is 47.0 Å². The molecule has 0 unspecified atom stereocenters. The standard InChI is InChI=1S/C15H13Cl3N4O/c16-11-5-1-4-10(13(11)17)8-23-12-6-2-3-9(14(12)18)7-21-22-15(19)20/h1-7H,8H2,(H4,19,20,22)/b21-7+. The molecule has 5 nitrogen and oxygen atoms in total. The highest BCUT2D eigenvalue weighted by molar-refractivity contribution is 6.42. The van der Waals surface area contributed by atoms with Crippen LogP contribution in [0.2, 0.25) is 15.1 Å². The van der Waals surface area contributed by atoms with Gasteiger partial charge < -0.3 is 16.2 Å². The van der Waals surface area contributed by atoms with Crippen LogP contribution in [0.25, 0.3) is 0 Å². The van der Waals surface area contributed by atoms with Gasteiger partial charge in [-0.2, -0.15) is 5.10 Å². The molecule has 2 rings (SSSR count). The minimum atomic E-state index is -0.139. The third kappa shape index (κ3) is 4.76. The van der Waals surface area contributed by atoms with Crippen LogP contribution in [0.3, 0.4) is 0 Å². The number of hydrogen-bond donors (Lipinski definition) is 2. The Labute approximate surface area is 148 Å². The molecule has 2 aromatic carbocycles. The Morgan fingerprint density at radius 2 is 1.78 bits per heavy atom. The summed E-state index contributed by atoms with van der Waals surface area (Å²) < 4.78 is 5.70. The monoisotopic (exact) mass is 370 g/mol. The Morgan fingerprint density at radius 3 is 2.52 bits per heavy atom. The predicted molar refractivity (Wildman–Crippen MR) is 95.6 cm³/mol. The van der Waals surface area contributed by atoms with Crippen LogP contribution in [-0.4, -0.2) is 12.2 Å². The minimum Gasteiger partial charge on any atom is -0.487 e. The second kappa shape index (κ2) is 8.06. The third-order valence-corrected chi connectivity index (χ3v) is 4.04. The van der Waals surface area contributed by atoms with Crippen LogP contribution in [0.5, 0.6) is 5.75 Å². The van der Waals surface area contributed by atoms with Gasteiger partial charge in [-0.1, -0.05) is 59.1 Å². The van der Waals surface area contributed by atoms with Crippen molar-refractivity contribution in [1.29, 1.82) is 0 Å². The number of nitrogens with zero attached hydrogens (tertiary/aromatic N) is 2. The summed E-state index contributed by atoms with van der Waals surface area (Å²) in [5, 5.41) is 8.55.